The lowest BCUT2D eigenvalue weighted by molar-refractivity contribution is 0.0909. The minimum atomic E-state index is -0.199. The third-order valence-electron chi connectivity index (χ3n) is 4.29. The molecule has 6 heteroatoms. The Morgan fingerprint density at radius 3 is 3.14 bits per heavy atom. The molecule has 21 heavy (non-hydrogen) atoms. The first kappa shape index (κ1) is 14.9. The van der Waals surface area contributed by atoms with Gasteiger partial charge in [-0.2, -0.15) is 0 Å². The van der Waals surface area contributed by atoms with E-state index in [1.165, 1.54) is 0 Å². The molecule has 2 atom stereocenters. The summed E-state index contributed by atoms with van der Waals surface area (Å²) in [5.41, 5.74) is 3.02. The average Bonchev–Trinajstić information content (AvgIpc) is 2.89. The number of halogens is 1. The maximum Gasteiger partial charge on any atom is 0.160 e. The first-order valence-electron chi connectivity index (χ1n) is 7.54. The standard InChI is InChI=1S/C15H21BrN4O/c1-10-11(16)8-18-15-14(10)19-9-20(15)7-3-4-12-13(21)5-2-6-17-12/h8-9,12-13,17,21H,2-7H2,1H3/t12-,13+/m1/s1. The molecule has 1 aliphatic rings. The normalized spacial score (nSPS) is 22.8. The average molecular weight is 353 g/mol. The number of rotatable bonds is 4. The van der Waals surface area contributed by atoms with E-state index in [1.807, 2.05) is 19.4 Å². The number of pyridine rings is 1. The van der Waals surface area contributed by atoms with Crippen LogP contribution in [0, 0.1) is 6.92 Å². The summed E-state index contributed by atoms with van der Waals surface area (Å²) < 4.78 is 3.10. The molecular formula is C15H21BrN4O. The summed E-state index contributed by atoms with van der Waals surface area (Å²) in [4.78, 5) is 8.94. The van der Waals surface area contributed by atoms with E-state index in [0.29, 0.717) is 0 Å². The molecule has 1 aliphatic heterocycles. The number of aromatic nitrogens is 3. The van der Waals surface area contributed by atoms with Gasteiger partial charge in [-0.05, 0) is 60.6 Å². The van der Waals surface area contributed by atoms with Gasteiger partial charge < -0.3 is 15.0 Å². The van der Waals surface area contributed by atoms with Gasteiger partial charge in [-0.15, -0.1) is 0 Å². The second-order valence-electron chi connectivity index (χ2n) is 5.75. The summed E-state index contributed by atoms with van der Waals surface area (Å²) in [6.45, 7) is 3.95. The summed E-state index contributed by atoms with van der Waals surface area (Å²) in [6, 6.07) is 0.234. The van der Waals surface area contributed by atoms with Crippen LogP contribution in [0.3, 0.4) is 0 Å². The summed E-state index contributed by atoms with van der Waals surface area (Å²) in [5, 5.41) is 13.4. The van der Waals surface area contributed by atoms with Gasteiger partial charge in [0.2, 0.25) is 0 Å². The van der Waals surface area contributed by atoms with Gasteiger partial charge in [-0.25, -0.2) is 9.97 Å². The van der Waals surface area contributed by atoms with Crippen molar-refractivity contribution in [1.82, 2.24) is 19.9 Å². The van der Waals surface area contributed by atoms with Crippen molar-refractivity contribution in [2.45, 2.75) is 51.3 Å². The quantitative estimate of drug-likeness (QED) is 0.886. The van der Waals surface area contributed by atoms with E-state index in [0.717, 1.165) is 60.0 Å². The molecule has 5 nitrogen and oxygen atoms in total. The Morgan fingerprint density at radius 1 is 1.48 bits per heavy atom. The van der Waals surface area contributed by atoms with E-state index in [-0.39, 0.29) is 12.1 Å². The third-order valence-corrected chi connectivity index (χ3v) is 5.09. The number of nitrogens with zero attached hydrogens (tertiary/aromatic N) is 3. The first-order valence-corrected chi connectivity index (χ1v) is 8.33. The van der Waals surface area contributed by atoms with E-state index >= 15 is 0 Å². The van der Waals surface area contributed by atoms with Crippen LogP contribution in [0.2, 0.25) is 0 Å². The highest BCUT2D eigenvalue weighted by Crippen LogP contribution is 2.23. The monoisotopic (exact) mass is 352 g/mol. The minimum absolute atomic E-state index is 0.199. The van der Waals surface area contributed by atoms with Crippen LogP contribution in [-0.2, 0) is 6.54 Å². The summed E-state index contributed by atoms with van der Waals surface area (Å²) in [5.74, 6) is 0. The van der Waals surface area contributed by atoms with Gasteiger partial charge in [0.05, 0.1) is 12.4 Å². The van der Waals surface area contributed by atoms with E-state index < -0.39 is 0 Å². The molecule has 0 aliphatic carbocycles. The molecular weight excluding hydrogens is 332 g/mol. The third kappa shape index (κ3) is 3.12. The van der Waals surface area contributed by atoms with Crippen molar-refractivity contribution in [2.24, 2.45) is 0 Å². The second-order valence-corrected chi connectivity index (χ2v) is 6.61. The highest BCUT2D eigenvalue weighted by atomic mass is 79.9. The van der Waals surface area contributed by atoms with Crippen LogP contribution >= 0.6 is 15.9 Å². The van der Waals surface area contributed by atoms with Gasteiger partial charge in [0.15, 0.2) is 5.65 Å². The van der Waals surface area contributed by atoms with Gasteiger partial charge in [-0.3, -0.25) is 0 Å². The molecule has 3 heterocycles. The van der Waals surface area contributed by atoms with Gasteiger partial charge >= 0.3 is 0 Å². The van der Waals surface area contributed by atoms with Gasteiger partial charge in [0, 0.05) is 23.3 Å². The zero-order valence-electron chi connectivity index (χ0n) is 12.2. The SMILES string of the molecule is Cc1c(Br)cnc2c1ncn2CCC[C@H]1NCCC[C@@H]1O. The molecule has 0 bridgehead atoms. The number of hydrogen-bond acceptors (Lipinski definition) is 4. The van der Waals surface area contributed by atoms with Crippen molar-refractivity contribution in [3.8, 4) is 0 Å². The topological polar surface area (TPSA) is 63.0 Å². The van der Waals surface area contributed by atoms with E-state index in [2.05, 4.69) is 35.8 Å². The number of hydrogen-bond donors (Lipinski definition) is 2. The molecule has 1 fully saturated rings. The maximum atomic E-state index is 9.97. The predicted molar refractivity (Wildman–Crippen MR) is 86.2 cm³/mol. The fraction of sp³-hybridized carbons (Fsp3) is 0.600. The van der Waals surface area contributed by atoms with Gasteiger partial charge in [0.1, 0.15) is 5.52 Å². The highest BCUT2D eigenvalue weighted by Gasteiger charge is 2.21. The predicted octanol–water partition coefficient (Wildman–Crippen LogP) is 2.40. The van der Waals surface area contributed by atoms with Crippen molar-refractivity contribution in [1.29, 1.82) is 0 Å². The van der Waals surface area contributed by atoms with Crippen LogP contribution in [0.25, 0.3) is 11.2 Å². The van der Waals surface area contributed by atoms with Crippen LogP contribution in [0.1, 0.15) is 31.2 Å². The first-order chi connectivity index (χ1) is 10.2. The van der Waals surface area contributed by atoms with Crippen LogP contribution < -0.4 is 5.32 Å². The molecule has 3 rings (SSSR count). The summed E-state index contributed by atoms with van der Waals surface area (Å²) in [7, 11) is 0. The molecule has 0 saturated carbocycles. The van der Waals surface area contributed by atoms with Crippen LogP contribution in [0.5, 0.6) is 0 Å². The van der Waals surface area contributed by atoms with Crippen molar-refractivity contribution < 1.29 is 5.11 Å². The van der Waals surface area contributed by atoms with Crippen molar-refractivity contribution >= 4 is 27.1 Å². The number of aliphatic hydroxyl groups is 1. The van der Waals surface area contributed by atoms with Crippen LogP contribution in [0.4, 0.5) is 0 Å². The van der Waals surface area contributed by atoms with Gasteiger partial charge in [0.25, 0.3) is 0 Å². The summed E-state index contributed by atoms with van der Waals surface area (Å²) >= 11 is 3.49. The fourth-order valence-corrected chi connectivity index (χ4v) is 3.27. The molecule has 2 N–H and O–H groups in total. The Balaban J connectivity index is 1.64. The number of imidazole rings is 1. The number of piperidine rings is 1. The Kier molecular flexibility index (Phi) is 4.57. The smallest absolute Gasteiger partial charge is 0.160 e. The Morgan fingerprint density at radius 2 is 2.33 bits per heavy atom. The van der Waals surface area contributed by atoms with Crippen molar-refractivity contribution in [3.05, 3.63) is 22.6 Å². The van der Waals surface area contributed by atoms with Crippen molar-refractivity contribution in [3.63, 3.8) is 0 Å². The lowest BCUT2D eigenvalue weighted by Crippen LogP contribution is -2.44. The van der Waals surface area contributed by atoms with Gasteiger partial charge in [-0.1, -0.05) is 0 Å². The zero-order chi connectivity index (χ0) is 14.8. The Bertz CT molecular complexity index is 627. The van der Waals surface area contributed by atoms with Crippen LogP contribution in [-0.4, -0.2) is 38.3 Å². The Labute approximate surface area is 132 Å². The number of nitrogens with one attached hydrogen (secondary N) is 1. The summed E-state index contributed by atoms with van der Waals surface area (Å²) in [6.07, 6.45) is 7.48. The molecule has 1 saturated heterocycles. The molecule has 0 unspecified atom stereocenters. The fourth-order valence-electron chi connectivity index (χ4n) is 2.98. The van der Waals surface area contributed by atoms with E-state index in [1.54, 1.807) is 0 Å². The lowest BCUT2D eigenvalue weighted by Gasteiger charge is -2.28. The molecule has 2 aromatic rings. The number of aryl methyl sites for hydroxylation is 2. The van der Waals surface area contributed by atoms with E-state index in [4.69, 9.17) is 0 Å². The minimum Gasteiger partial charge on any atom is -0.392 e. The molecule has 0 spiro atoms. The zero-order valence-corrected chi connectivity index (χ0v) is 13.8. The lowest BCUT2D eigenvalue weighted by atomic mass is 9.97. The maximum absolute atomic E-state index is 9.97. The largest absolute Gasteiger partial charge is 0.392 e. The molecule has 0 amide bonds. The molecule has 0 radical (unpaired) electrons. The number of fused-ring (bicyclic) bond motifs is 1. The number of aliphatic hydroxyl groups excluding tert-OH is 1. The van der Waals surface area contributed by atoms with E-state index in [9.17, 15) is 5.11 Å². The molecule has 2 aromatic heterocycles. The Hall–Kier alpha value is -0.980. The second kappa shape index (κ2) is 6.42. The van der Waals surface area contributed by atoms with Crippen LogP contribution in [0.15, 0.2) is 17.0 Å². The highest BCUT2D eigenvalue weighted by molar-refractivity contribution is 9.10. The molecule has 114 valence electrons. The molecule has 0 aromatic carbocycles. The van der Waals surface area contributed by atoms with Crippen molar-refractivity contribution in [2.75, 3.05) is 6.54 Å².